The average Bonchev–Trinajstić information content (AvgIpc) is 2.77. The molecule has 6 heteroatoms. The molecule has 1 atom stereocenters. The van der Waals surface area contributed by atoms with E-state index in [0.29, 0.717) is 18.5 Å². The van der Waals surface area contributed by atoms with Crippen LogP contribution in [0.3, 0.4) is 0 Å². The number of fused-ring (bicyclic) bond motifs is 1. The number of nitrogens with zero attached hydrogens (tertiary/aromatic N) is 2. The highest BCUT2D eigenvalue weighted by molar-refractivity contribution is 7.93. The number of aromatic nitrogens is 2. The lowest BCUT2D eigenvalue weighted by molar-refractivity contribution is 0.569. The van der Waals surface area contributed by atoms with Crippen LogP contribution in [-0.2, 0) is 17.1 Å². The van der Waals surface area contributed by atoms with E-state index in [4.69, 9.17) is 0 Å². The van der Waals surface area contributed by atoms with Crippen molar-refractivity contribution in [1.29, 1.82) is 0 Å². The molecule has 0 saturated carbocycles. The average molecular weight is 295 g/mol. The van der Waals surface area contributed by atoms with E-state index in [0.717, 1.165) is 17.3 Å². The van der Waals surface area contributed by atoms with Crippen LogP contribution in [0.15, 0.2) is 24.4 Å². The van der Waals surface area contributed by atoms with Gasteiger partial charge in [-0.05, 0) is 31.0 Å². The van der Waals surface area contributed by atoms with Crippen molar-refractivity contribution in [3.63, 3.8) is 0 Å². The molecule has 0 fully saturated rings. The largest absolute Gasteiger partial charge is 0.283 e. The van der Waals surface area contributed by atoms with Crippen molar-refractivity contribution >= 4 is 26.6 Å². The predicted octanol–water partition coefficient (Wildman–Crippen LogP) is 2.89. The van der Waals surface area contributed by atoms with Gasteiger partial charge in [0.05, 0.1) is 22.7 Å². The molecule has 2 aromatic rings. The Hall–Kier alpha value is -1.56. The van der Waals surface area contributed by atoms with Gasteiger partial charge in [-0.3, -0.25) is 9.40 Å². The number of nitrogens with one attached hydrogen (secondary N) is 1. The van der Waals surface area contributed by atoms with Crippen LogP contribution in [0, 0.1) is 0 Å². The zero-order valence-electron chi connectivity index (χ0n) is 12.1. The minimum Gasteiger partial charge on any atom is -0.283 e. The molecule has 1 N–H and O–H groups in total. The predicted molar refractivity (Wildman–Crippen MR) is 82.2 cm³/mol. The third-order valence-electron chi connectivity index (χ3n) is 3.51. The van der Waals surface area contributed by atoms with Crippen LogP contribution in [0.25, 0.3) is 10.9 Å². The summed E-state index contributed by atoms with van der Waals surface area (Å²) in [5, 5.41) is 4.81. The SMILES string of the molecule is CCCC(CC)S(=O)(=O)Nc1ccc2cnn(C)c2c1. The van der Waals surface area contributed by atoms with Crippen molar-refractivity contribution in [3.05, 3.63) is 24.4 Å². The van der Waals surface area contributed by atoms with E-state index >= 15 is 0 Å². The molecule has 110 valence electrons. The van der Waals surface area contributed by atoms with E-state index in [2.05, 4.69) is 9.82 Å². The quantitative estimate of drug-likeness (QED) is 0.891. The Bertz CT molecular complexity index is 692. The monoisotopic (exact) mass is 295 g/mol. The number of rotatable bonds is 6. The van der Waals surface area contributed by atoms with Gasteiger partial charge >= 0.3 is 0 Å². The minimum absolute atomic E-state index is 0.338. The standard InChI is InChI=1S/C14H21N3O2S/c1-4-6-13(5-2)20(18,19)16-12-8-7-11-10-15-17(3)14(11)9-12/h7-10,13,16H,4-6H2,1-3H3. The first-order valence-corrected chi connectivity index (χ1v) is 8.46. The third kappa shape index (κ3) is 2.95. The Morgan fingerprint density at radius 2 is 2.10 bits per heavy atom. The van der Waals surface area contributed by atoms with Crippen LogP contribution in [0.4, 0.5) is 5.69 Å². The molecule has 5 nitrogen and oxygen atoms in total. The molecule has 0 amide bonds. The van der Waals surface area contributed by atoms with Crippen molar-refractivity contribution in [2.45, 2.75) is 38.4 Å². The molecule has 20 heavy (non-hydrogen) atoms. The van der Waals surface area contributed by atoms with Crippen molar-refractivity contribution in [2.24, 2.45) is 7.05 Å². The van der Waals surface area contributed by atoms with Crippen molar-refractivity contribution in [3.8, 4) is 0 Å². The molecule has 1 unspecified atom stereocenters. The summed E-state index contributed by atoms with van der Waals surface area (Å²) in [5.74, 6) is 0. The molecule has 1 aromatic heterocycles. The zero-order valence-corrected chi connectivity index (χ0v) is 12.9. The lowest BCUT2D eigenvalue weighted by Gasteiger charge is -2.16. The van der Waals surface area contributed by atoms with Crippen molar-refractivity contribution < 1.29 is 8.42 Å². The third-order valence-corrected chi connectivity index (χ3v) is 5.48. The second-order valence-electron chi connectivity index (χ2n) is 5.01. The van der Waals surface area contributed by atoms with Gasteiger partial charge < -0.3 is 0 Å². The van der Waals surface area contributed by atoms with Gasteiger partial charge in [-0.1, -0.05) is 20.3 Å². The molecular weight excluding hydrogens is 274 g/mol. The number of benzene rings is 1. The summed E-state index contributed by atoms with van der Waals surface area (Å²) in [6.07, 6.45) is 3.93. The van der Waals surface area contributed by atoms with E-state index in [-0.39, 0.29) is 5.25 Å². The van der Waals surface area contributed by atoms with Gasteiger partial charge in [0.1, 0.15) is 0 Å². The normalized spacial score (nSPS) is 13.6. The van der Waals surface area contributed by atoms with Gasteiger partial charge in [-0.25, -0.2) is 8.42 Å². The fourth-order valence-electron chi connectivity index (χ4n) is 2.36. The van der Waals surface area contributed by atoms with Crippen LogP contribution < -0.4 is 4.72 Å². The summed E-state index contributed by atoms with van der Waals surface area (Å²) in [7, 11) is -1.49. The second-order valence-corrected chi connectivity index (χ2v) is 6.97. The Morgan fingerprint density at radius 1 is 1.35 bits per heavy atom. The molecule has 1 aromatic carbocycles. The van der Waals surface area contributed by atoms with E-state index in [9.17, 15) is 8.42 Å². The molecule has 0 aliphatic rings. The van der Waals surface area contributed by atoms with Crippen LogP contribution in [0.5, 0.6) is 0 Å². The Morgan fingerprint density at radius 3 is 2.75 bits per heavy atom. The summed E-state index contributed by atoms with van der Waals surface area (Å²) >= 11 is 0. The van der Waals surface area contributed by atoms with Gasteiger partial charge in [0.15, 0.2) is 0 Å². The number of aryl methyl sites for hydroxylation is 1. The first-order valence-electron chi connectivity index (χ1n) is 6.91. The summed E-state index contributed by atoms with van der Waals surface area (Å²) in [4.78, 5) is 0. The smallest absolute Gasteiger partial charge is 0.235 e. The van der Waals surface area contributed by atoms with E-state index < -0.39 is 10.0 Å². The number of hydrogen-bond acceptors (Lipinski definition) is 3. The van der Waals surface area contributed by atoms with E-state index in [1.54, 1.807) is 16.9 Å². The van der Waals surface area contributed by atoms with Gasteiger partial charge in [-0.15, -0.1) is 0 Å². The molecule has 2 rings (SSSR count). The fraction of sp³-hybridized carbons (Fsp3) is 0.500. The fourth-order valence-corrected chi connectivity index (χ4v) is 3.96. The minimum atomic E-state index is -3.33. The number of anilines is 1. The summed E-state index contributed by atoms with van der Waals surface area (Å²) < 4.78 is 29.1. The maximum atomic E-state index is 12.3. The lowest BCUT2D eigenvalue weighted by atomic mass is 10.2. The highest BCUT2D eigenvalue weighted by Gasteiger charge is 2.22. The summed E-state index contributed by atoms with van der Waals surface area (Å²) in [6.45, 7) is 3.91. The van der Waals surface area contributed by atoms with Gasteiger partial charge in [-0.2, -0.15) is 5.10 Å². The topological polar surface area (TPSA) is 64.0 Å². The highest BCUT2D eigenvalue weighted by atomic mass is 32.2. The number of sulfonamides is 1. The lowest BCUT2D eigenvalue weighted by Crippen LogP contribution is -2.27. The molecule has 0 aliphatic carbocycles. The molecule has 0 saturated heterocycles. The maximum absolute atomic E-state index is 12.3. The van der Waals surface area contributed by atoms with Crippen LogP contribution in [-0.4, -0.2) is 23.4 Å². The Kier molecular flexibility index (Phi) is 4.32. The van der Waals surface area contributed by atoms with Gasteiger partial charge in [0, 0.05) is 12.4 Å². The van der Waals surface area contributed by atoms with Gasteiger partial charge in [0.2, 0.25) is 10.0 Å². The van der Waals surface area contributed by atoms with Crippen LogP contribution >= 0.6 is 0 Å². The second kappa shape index (κ2) is 5.83. The van der Waals surface area contributed by atoms with Crippen LogP contribution in [0.1, 0.15) is 33.1 Å². The van der Waals surface area contributed by atoms with Crippen molar-refractivity contribution in [2.75, 3.05) is 4.72 Å². The summed E-state index contributed by atoms with van der Waals surface area (Å²) in [6, 6.07) is 5.47. The van der Waals surface area contributed by atoms with Crippen LogP contribution in [0.2, 0.25) is 0 Å². The molecule has 0 bridgehead atoms. The van der Waals surface area contributed by atoms with Crippen molar-refractivity contribution in [1.82, 2.24) is 9.78 Å². The zero-order chi connectivity index (χ0) is 14.8. The maximum Gasteiger partial charge on any atom is 0.235 e. The molecule has 0 radical (unpaired) electrons. The van der Waals surface area contributed by atoms with Gasteiger partial charge in [0.25, 0.3) is 0 Å². The number of hydrogen-bond donors (Lipinski definition) is 1. The molecule has 1 heterocycles. The summed E-state index contributed by atoms with van der Waals surface area (Å²) in [5.41, 5.74) is 1.50. The Balaban J connectivity index is 2.28. The molecule has 0 spiro atoms. The molecular formula is C14H21N3O2S. The first-order chi connectivity index (χ1) is 9.47. The van der Waals surface area contributed by atoms with E-state index in [1.807, 2.05) is 33.0 Å². The Labute approximate surface area is 120 Å². The van der Waals surface area contributed by atoms with E-state index in [1.165, 1.54) is 0 Å². The highest BCUT2D eigenvalue weighted by Crippen LogP contribution is 2.21. The first kappa shape index (κ1) is 14.8. The molecule has 0 aliphatic heterocycles.